The Morgan fingerprint density at radius 3 is 2.32 bits per heavy atom. The molecule has 0 atom stereocenters. The molecule has 0 heterocycles. The number of rotatable bonds is 4. The van der Waals surface area contributed by atoms with Crippen molar-refractivity contribution < 1.29 is 14.0 Å². The molecule has 3 aromatic carbocycles. The molecule has 28 heavy (non-hydrogen) atoms. The maximum atomic E-state index is 14.2. The maximum Gasteiger partial charge on any atom is 0.256 e. The zero-order chi connectivity index (χ0) is 20.1. The summed E-state index contributed by atoms with van der Waals surface area (Å²) in [6, 6.07) is 19.8. The average molecular weight is 373 g/mol. The van der Waals surface area contributed by atoms with Gasteiger partial charge in [-0.2, -0.15) is 5.26 Å². The van der Waals surface area contributed by atoms with E-state index < -0.39 is 11.7 Å². The normalized spacial score (nSPS) is 10.0. The number of amides is 2. The number of carbonyl (C=O) groups is 2. The molecule has 2 amide bonds. The van der Waals surface area contributed by atoms with Crippen LogP contribution in [0.5, 0.6) is 0 Å². The number of carbonyl (C=O) groups excluding carboxylic acids is 2. The van der Waals surface area contributed by atoms with E-state index in [0.29, 0.717) is 27.9 Å². The smallest absolute Gasteiger partial charge is 0.256 e. The van der Waals surface area contributed by atoms with Crippen molar-refractivity contribution in [1.82, 2.24) is 0 Å². The molecular weight excluding hydrogens is 357 g/mol. The number of nitriles is 1. The number of nitrogens with zero attached hydrogens (tertiary/aromatic N) is 1. The fourth-order valence-electron chi connectivity index (χ4n) is 2.82. The predicted molar refractivity (Wildman–Crippen MR) is 105 cm³/mol. The van der Waals surface area contributed by atoms with Crippen LogP contribution in [0, 0.1) is 17.1 Å². The Morgan fingerprint density at radius 1 is 0.929 bits per heavy atom. The zero-order valence-electron chi connectivity index (χ0n) is 15.0. The standard InChI is InChI=1S/C22H16FN3O2/c1-14(27)25-16-10-11-20(23)21(12-16)26-22(28)19-9-5-4-8-18(19)17-7-3-2-6-15(17)13-24/h2-12H,1H3,(H,25,27)(H,26,28). The molecule has 0 aliphatic carbocycles. The van der Waals surface area contributed by atoms with Crippen molar-refractivity contribution in [3.05, 3.63) is 83.7 Å². The highest BCUT2D eigenvalue weighted by atomic mass is 19.1. The van der Waals surface area contributed by atoms with Gasteiger partial charge in [0.25, 0.3) is 5.91 Å². The fraction of sp³-hybridized carbons (Fsp3) is 0.0455. The second-order valence-corrected chi connectivity index (χ2v) is 6.03. The molecule has 0 spiro atoms. The van der Waals surface area contributed by atoms with Crippen LogP contribution >= 0.6 is 0 Å². The second kappa shape index (κ2) is 8.14. The third-order valence-corrected chi connectivity index (χ3v) is 4.04. The third-order valence-electron chi connectivity index (χ3n) is 4.04. The van der Waals surface area contributed by atoms with Crippen LogP contribution < -0.4 is 10.6 Å². The van der Waals surface area contributed by atoms with E-state index in [1.165, 1.54) is 19.1 Å². The first-order chi connectivity index (χ1) is 13.5. The first-order valence-electron chi connectivity index (χ1n) is 8.46. The summed E-state index contributed by atoms with van der Waals surface area (Å²) in [7, 11) is 0. The van der Waals surface area contributed by atoms with E-state index >= 15 is 0 Å². The van der Waals surface area contributed by atoms with E-state index in [2.05, 4.69) is 16.7 Å². The molecule has 0 aliphatic rings. The van der Waals surface area contributed by atoms with Gasteiger partial charge in [0.15, 0.2) is 0 Å². The summed E-state index contributed by atoms with van der Waals surface area (Å²) < 4.78 is 14.2. The van der Waals surface area contributed by atoms with Crippen LogP contribution in [0.2, 0.25) is 0 Å². The van der Waals surface area contributed by atoms with Gasteiger partial charge in [0, 0.05) is 23.7 Å². The van der Waals surface area contributed by atoms with Gasteiger partial charge in [0.05, 0.1) is 17.3 Å². The van der Waals surface area contributed by atoms with Gasteiger partial charge in [0.2, 0.25) is 5.91 Å². The van der Waals surface area contributed by atoms with Crippen molar-refractivity contribution in [3.63, 3.8) is 0 Å². The lowest BCUT2D eigenvalue weighted by Crippen LogP contribution is -2.15. The third kappa shape index (κ3) is 4.05. The van der Waals surface area contributed by atoms with Gasteiger partial charge in [-0.1, -0.05) is 36.4 Å². The van der Waals surface area contributed by atoms with Gasteiger partial charge >= 0.3 is 0 Å². The predicted octanol–water partition coefficient (Wildman–Crippen LogP) is 4.58. The van der Waals surface area contributed by atoms with E-state index in [-0.39, 0.29) is 11.6 Å². The van der Waals surface area contributed by atoms with Crippen molar-refractivity contribution in [2.24, 2.45) is 0 Å². The van der Waals surface area contributed by atoms with Crippen molar-refractivity contribution in [2.45, 2.75) is 6.92 Å². The minimum absolute atomic E-state index is 0.0559. The molecule has 3 rings (SSSR count). The van der Waals surface area contributed by atoms with Crippen molar-refractivity contribution in [2.75, 3.05) is 10.6 Å². The summed E-state index contributed by atoms with van der Waals surface area (Å²) >= 11 is 0. The minimum Gasteiger partial charge on any atom is -0.326 e. The number of nitrogens with one attached hydrogen (secondary N) is 2. The lowest BCUT2D eigenvalue weighted by Gasteiger charge is -2.13. The van der Waals surface area contributed by atoms with Gasteiger partial charge in [-0.3, -0.25) is 9.59 Å². The number of hydrogen-bond donors (Lipinski definition) is 2. The molecule has 5 nitrogen and oxygen atoms in total. The van der Waals surface area contributed by atoms with E-state index in [0.717, 1.165) is 6.07 Å². The van der Waals surface area contributed by atoms with Gasteiger partial charge in [-0.25, -0.2) is 4.39 Å². The second-order valence-electron chi connectivity index (χ2n) is 6.03. The van der Waals surface area contributed by atoms with Crippen LogP contribution in [-0.2, 0) is 4.79 Å². The summed E-state index contributed by atoms with van der Waals surface area (Å²) in [4.78, 5) is 24.0. The fourth-order valence-corrected chi connectivity index (χ4v) is 2.82. The van der Waals surface area contributed by atoms with E-state index in [9.17, 15) is 19.2 Å². The van der Waals surface area contributed by atoms with Gasteiger partial charge in [0.1, 0.15) is 5.82 Å². The highest BCUT2D eigenvalue weighted by Crippen LogP contribution is 2.28. The lowest BCUT2D eigenvalue weighted by atomic mass is 9.95. The molecule has 138 valence electrons. The van der Waals surface area contributed by atoms with Crippen molar-refractivity contribution in [1.29, 1.82) is 5.26 Å². The Bertz CT molecular complexity index is 1100. The summed E-state index contributed by atoms with van der Waals surface area (Å²) in [5.74, 6) is -1.46. The van der Waals surface area contributed by atoms with Crippen molar-refractivity contribution >= 4 is 23.2 Å². The summed E-state index contributed by atoms with van der Waals surface area (Å²) in [6.45, 7) is 1.34. The number of hydrogen-bond acceptors (Lipinski definition) is 3. The van der Waals surface area contributed by atoms with E-state index in [1.54, 1.807) is 48.5 Å². The SMILES string of the molecule is CC(=O)Nc1ccc(F)c(NC(=O)c2ccccc2-c2ccccc2C#N)c1. The first kappa shape index (κ1) is 18.8. The highest BCUT2D eigenvalue weighted by Gasteiger charge is 2.16. The van der Waals surface area contributed by atoms with Crippen molar-refractivity contribution in [3.8, 4) is 17.2 Å². The molecule has 0 radical (unpaired) electrons. The Hall–Kier alpha value is -3.98. The molecule has 0 saturated carbocycles. The number of anilines is 2. The van der Waals surface area contributed by atoms with Gasteiger partial charge < -0.3 is 10.6 Å². The molecule has 6 heteroatoms. The Kier molecular flexibility index (Phi) is 5.47. The Balaban J connectivity index is 1.97. The van der Waals surface area contributed by atoms with E-state index in [1.807, 2.05) is 0 Å². The largest absolute Gasteiger partial charge is 0.326 e. The van der Waals surface area contributed by atoms with Gasteiger partial charge in [-0.15, -0.1) is 0 Å². The Morgan fingerprint density at radius 2 is 1.61 bits per heavy atom. The topological polar surface area (TPSA) is 82.0 Å². The molecular formula is C22H16FN3O2. The first-order valence-corrected chi connectivity index (χ1v) is 8.46. The van der Waals surface area contributed by atoms with Crippen LogP contribution in [0.4, 0.5) is 15.8 Å². The summed E-state index contributed by atoms with van der Waals surface area (Å²) in [6.07, 6.45) is 0. The quantitative estimate of drug-likeness (QED) is 0.702. The highest BCUT2D eigenvalue weighted by molar-refractivity contribution is 6.09. The van der Waals surface area contributed by atoms with Crippen LogP contribution in [0.3, 0.4) is 0 Å². The molecule has 0 fully saturated rings. The molecule has 0 unspecified atom stereocenters. The van der Waals surface area contributed by atoms with Crippen LogP contribution in [-0.4, -0.2) is 11.8 Å². The minimum atomic E-state index is -0.627. The number of halogens is 1. The molecule has 3 aromatic rings. The lowest BCUT2D eigenvalue weighted by molar-refractivity contribution is -0.114. The molecule has 2 N–H and O–H groups in total. The van der Waals surface area contributed by atoms with E-state index in [4.69, 9.17) is 0 Å². The maximum absolute atomic E-state index is 14.2. The monoisotopic (exact) mass is 373 g/mol. The molecule has 0 bridgehead atoms. The Labute approximate surface area is 161 Å². The van der Waals surface area contributed by atoms with Crippen LogP contribution in [0.1, 0.15) is 22.8 Å². The number of benzene rings is 3. The summed E-state index contributed by atoms with van der Waals surface area (Å²) in [5, 5.41) is 14.4. The molecule has 0 aliphatic heterocycles. The molecule has 0 aromatic heterocycles. The average Bonchev–Trinajstić information content (AvgIpc) is 2.70. The summed E-state index contributed by atoms with van der Waals surface area (Å²) in [5.41, 5.74) is 2.22. The zero-order valence-corrected chi connectivity index (χ0v) is 15.0. The molecule has 0 saturated heterocycles. The van der Waals surface area contributed by atoms with Gasteiger partial charge in [-0.05, 0) is 35.9 Å². The van der Waals surface area contributed by atoms with Crippen LogP contribution in [0.15, 0.2) is 66.7 Å². The van der Waals surface area contributed by atoms with Crippen LogP contribution in [0.25, 0.3) is 11.1 Å².